The van der Waals surface area contributed by atoms with Crippen molar-refractivity contribution >= 4 is 46.9 Å². The van der Waals surface area contributed by atoms with Crippen molar-refractivity contribution in [2.75, 3.05) is 9.80 Å². The fraction of sp³-hybridized carbons (Fsp3) is 0.0750. The quantitative estimate of drug-likeness (QED) is 0.153. The number of imide groups is 2. The molecule has 0 saturated carbocycles. The fourth-order valence-electron chi connectivity index (χ4n) is 6.21. The van der Waals surface area contributed by atoms with Crippen LogP contribution in [0.15, 0.2) is 159 Å². The van der Waals surface area contributed by atoms with Crippen LogP contribution < -0.4 is 21.0 Å². The zero-order valence-corrected chi connectivity index (χ0v) is 27.7. The standard InChI is InChI=1S/C40H29ClN4O6/c41-34-26(24-32-35(46)42(28-16-5-1-6-17-28)39(50)43(36(32)47)29-18-7-2-8-19-29)14-13-15-27(34)25-33-37(48)44(30-20-9-3-10-21-30)40(51)45(38(33)49)31-22-11-4-12-23-31/h1-12,16-25,46H,13-15H2/b26-24+. The Bertz CT molecular complexity index is 2340. The number of nitrogens with zero attached hydrogens (tertiary/aromatic N) is 4. The van der Waals surface area contributed by atoms with Crippen molar-refractivity contribution in [1.29, 1.82) is 0 Å². The van der Waals surface area contributed by atoms with E-state index < -0.39 is 35.0 Å². The molecule has 0 bridgehead atoms. The van der Waals surface area contributed by atoms with Gasteiger partial charge < -0.3 is 5.11 Å². The number of urea groups is 1. The van der Waals surface area contributed by atoms with Crippen LogP contribution in [0.1, 0.15) is 24.8 Å². The van der Waals surface area contributed by atoms with Crippen molar-refractivity contribution in [1.82, 2.24) is 9.13 Å². The van der Waals surface area contributed by atoms with Gasteiger partial charge in [-0.2, -0.15) is 0 Å². The fourth-order valence-corrected chi connectivity index (χ4v) is 6.51. The van der Waals surface area contributed by atoms with Crippen LogP contribution in [-0.2, 0) is 9.59 Å². The van der Waals surface area contributed by atoms with Gasteiger partial charge in [-0.25, -0.2) is 28.5 Å². The molecule has 7 rings (SSSR count). The molecule has 2 heterocycles. The maximum absolute atomic E-state index is 14.0. The molecule has 1 saturated heterocycles. The highest BCUT2D eigenvalue weighted by Gasteiger charge is 2.44. The number of para-hydroxylation sites is 4. The van der Waals surface area contributed by atoms with Crippen LogP contribution in [0.3, 0.4) is 0 Å². The number of anilines is 2. The minimum atomic E-state index is -0.817. The molecule has 0 radical (unpaired) electrons. The zero-order chi connectivity index (χ0) is 35.6. The van der Waals surface area contributed by atoms with Crippen molar-refractivity contribution < 1.29 is 19.5 Å². The molecule has 10 nitrogen and oxygen atoms in total. The smallest absolute Gasteiger partial charge is 0.343 e. The van der Waals surface area contributed by atoms with Gasteiger partial charge in [-0.15, -0.1) is 0 Å². The van der Waals surface area contributed by atoms with Gasteiger partial charge in [0.15, 0.2) is 0 Å². The second-order valence-electron chi connectivity index (χ2n) is 11.8. The van der Waals surface area contributed by atoms with E-state index in [-0.39, 0.29) is 27.5 Å². The third-order valence-corrected chi connectivity index (χ3v) is 9.15. The monoisotopic (exact) mass is 696 g/mol. The lowest BCUT2D eigenvalue weighted by molar-refractivity contribution is -0.121. The molecule has 1 N–H and O–H groups in total. The van der Waals surface area contributed by atoms with Gasteiger partial charge in [0.1, 0.15) is 11.1 Å². The van der Waals surface area contributed by atoms with Gasteiger partial charge in [0.2, 0.25) is 5.88 Å². The molecule has 0 unspecified atom stereocenters. The van der Waals surface area contributed by atoms with Gasteiger partial charge in [-0.05, 0) is 91.1 Å². The lowest BCUT2D eigenvalue weighted by Gasteiger charge is -2.34. The van der Waals surface area contributed by atoms with Crippen LogP contribution in [0.2, 0.25) is 0 Å². The van der Waals surface area contributed by atoms with Gasteiger partial charge >= 0.3 is 11.7 Å². The normalized spacial score (nSPS) is 15.9. The number of barbiturate groups is 1. The predicted molar refractivity (Wildman–Crippen MR) is 195 cm³/mol. The Labute approximate surface area is 296 Å². The lowest BCUT2D eigenvalue weighted by Crippen LogP contribution is -2.57. The van der Waals surface area contributed by atoms with Gasteiger partial charge in [0, 0.05) is 5.03 Å². The number of hydrogen-bond donors (Lipinski definition) is 1. The average Bonchev–Trinajstić information content (AvgIpc) is 3.15. The van der Waals surface area contributed by atoms with Crippen LogP contribution in [0.4, 0.5) is 16.2 Å². The summed E-state index contributed by atoms with van der Waals surface area (Å²) in [5.74, 6) is -2.19. The molecular weight excluding hydrogens is 668 g/mol. The van der Waals surface area contributed by atoms with Crippen molar-refractivity contribution in [3.8, 4) is 17.3 Å². The third kappa shape index (κ3) is 6.02. The Balaban J connectivity index is 1.38. The molecule has 51 heavy (non-hydrogen) atoms. The van der Waals surface area contributed by atoms with Crippen molar-refractivity contribution in [2.24, 2.45) is 0 Å². The molecule has 1 fully saturated rings. The van der Waals surface area contributed by atoms with E-state index in [1.165, 1.54) is 12.2 Å². The summed E-state index contributed by atoms with van der Waals surface area (Å²) >= 11 is 6.99. The van der Waals surface area contributed by atoms with Gasteiger partial charge in [-0.1, -0.05) is 84.4 Å². The van der Waals surface area contributed by atoms with Crippen LogP contribution >= 0.6 is 11.6 Å². The minimum Gasteiger partial charge on any atom is -0.494 e. The molecule has 0 atom stereocenters. The molecule has 1 aliphatic carbocycles. The van der Waals surface area contributed by atoms with Crippen LogP contribution in [0.5, 0.6) is 5.88 Å². The zero-order valence-electron chi connectivity index (χ0n) is 27.0. The number of hydrogen-bond acceptors (Lipinski definition) is 6. The van der Waals surface area contributed by atoms with E-state index >= 15 is 0 Å². The van der Waals surface area contributed by atoms with E-state index in [2.05, 4.69) is 0 Å². The summed E-state index contributed by atoms with van der Waals surface area (Å²) in [5, 5.41) is 11.7. The summed E-state index contributed by atoms with van der Waals surface area (Å²) in [7, 11) is 0. The maximum atomic E-state index is 14.0. The Hall–Kier alpha value is -6.52. The van der Waals surface area contributed by atoms with Crippen LogP contribution in [0, 0.1) is 0 Å². The van der Waals surface area contributed by atoms with Gasteiger partial charge in [0.05, 0.1) is 22.7 Å². The second-order valence-corrected chi connectivity index (χ2v) is 12.2. The Kier molecular flexibility index (Phi) is 8.91. The molecule has 4 amide bonds. The average molecular weight is 697 g/mol. The highest BCUT2D eigenvalue weighted by atomic mass is 35.5. The van der Waals surface area contributed by atoms with E-state index in [0.717, 1.165) is 18.9 Å². The highest BCUT2D eigenvalue weighted by Crippen LogP contribution is 2.37. The number of carbonyl (C=O) groups excluding carboxylic acids is 3. The Morgan fingerprint density at radius 3 is 1.51 bits per heavy atom. The first-order valence-corrected chi connectivity index (χ1v) is 16.5. The second kappa shape index (κ2) is 13.8. The lowest BCUT2D eigenvalue weighted by atomic mass is 9.91. The molecule has 11 heteroatoms. The van der Waals surface area contributed by atoms with Crippen molar-refractivity contribution in [3.05, 3.63) is 176 Å². The third-order valence-electron chi connectivity index (χ3n) is 8.67. The first kappa shape index (κ1) is 33.0. The number of aromatic hydroxyl groups is 1. The Morgan fingerprint density at radius 2 is 1.02 bits per heavy atom. The summed E-state index contributed by atoms with van der Waals surface area (Å²) in [6, 6.07) is 32.6. The SMILES string of the molecule is O=C1C(=CC2=C(Cl)/C(=C/c3c(O)n(-c4ccccc4)c(=O)n(-c4ccccc4)c3=O)CCC2)C(=O)N(c2ccccc2)C(=O)N1c1ccccc1. The van der Waals surface area contributed by atoms with E-state index in [1.807, 2.05) is 0 Å². The largest absolute Gasteiger partial charge is 0.494 e. The van der Waals surface area contributed by atoms with E-state index in [4.69, 9.17) is 11.6 Å². The molecule has 5 aromatic rings. The van der Waals surface area contributed by atoms with Crippen molar-refractivity contribution in [2.45, 2.75) is 19.3 Å². The van der Waals surface area contributed by atoms with Crippen LogP contribution in [-0.4, -0.2) is 32.1 Å². The maximum Gasteiger partial charge on any atom is 0.343 e. The number of allylic oxidation sites excluding steroid dienone is 4. The number of benzene rings is 4. The first-order valence-electron chi connectivity index (χ1n) is 16.1. The topological polar surface area (TPSA) is 122 Å². The molecule has 252 valence electrons. The molecule has 0 spiro atoms. The molecule has 1 aromatic heterocycles. The molecule has 1 aliphatic heterocycles. The minimum absolute atomic E-state index is 0.172. The number of rotatable bonds is 6. The summed E-state index contributed by atoms with van der Waals surface area (Å²) in [6.07, 6.45) is 4.14. The molecule has 4 aromatic carbocycles. The van der Waals surface area contributed by atoms with E-state index in [1.54, 1.807) is 121 Å². The summed E-state index contributed by atoms with van der Waals surface area (Å²) in [4.78, 5) is 71.2. The summed E-state index contributed by atoms with van der Waals surface area (Å²) < 4.78 is 2.03. The van der Waals surface area contributed by atoms with Gasteiger partial charge in [0.25, 0.3) is 17.4 Å². The molecule has 2 aliphatic rings. The number of amides is 4. The summed E-state index contributed by atoms with van der Waals surface area (Å²) in [5.41, 5.74) is 0.136. The number of halogens is 1. The predicted octanol–water partition coefficient (Wildman–Crippen LogP) is 6.88. The van der Waals surface area contributed by atoms with E-state index in [0.29, 0.717) is 41.8 Å². The van der Waals surface area contributed by atoms with Gasteiger partial charge in [-0.3, -0.25) is 14.4 Å². The van der Waals surface area contributed by atoms with E-state index in [9.17, 15) is 29.1 Å². The Morgan fingerprint density at radius 1 is 0.569 bits per heavy atom. The highest BCUT2D eigenvalue weighted by molar-refractivity contribution is 6.45. The summed E-state index contributed by atoms with van der Waals surface area (Å²) in [6.45, 7) is 0. The van der Waals surface area contributed by atoms with Crippen molar-refractivity contribution in [3.63, 3.8) is 0 Å². The molecular formula is C40H29ClN4O6. The first-order chi connectivity index (χ1) is 24.8. The number of carbonyl (C=O) groups is 3. The number of aromatic nitrogens is 2. The van der Waals surface area contributed by atoms with Crippen LogP contribution in [0.25, 0.3) is 17.5 Å².